The van der Waals surface area contributed by atoms with Crippen molar-refractivity contribution in [1.29, 1.82) is 0 Å². The zero-order valence-corrected chi connectivity index (χ0v) is 15.5. The molecule has 0 spiro atoms. The van der Waals surface area contributed by atoms with Crippen LogP contribution in [-0.4, -0.2) is 29.2 Å². The summed E-state index contributed by atoms with van der Waals surface area (Å²) in [4.78, 5) is 4.51. The van der Waals surface area contributed by atoms with Crippen molar-refractivity contribution in [2.24, 2.45) is 15.9 Å². The molecule has 0 saturated carbocycles. The predicted molar refractivity (Wildman–Crippen MR) is 110 cm³/mol. The van der Waals surface area contributed by atoms with Gasteiger partial charge in [-0.25, -0.2) is 4.98 Å². The standard InChI is InChI=1S/C20H21N5S/c1-13-6-7-15(25-13)4-2-3-5-18(21)17-9-8-16(14-10-23-24-11-14)19-20(17)26-12-22-19/h2-3,5,8-10,12-13,15,25H,4,6-7,21H2,1H3/b3-2+,18-5-. The molecule has 2 atom stereocenters. The van der Waals surface area contributed by atoms with Gasteiger partial charge in [-0.1, -0.05) is 24.3 Å². The Bertz CT molecular complexity index is 975. The Hall–Kier alpha value is -2.53. The second-order valence-electron chi connectivity index (χ2n) is 6.69. The van der Waals surface area contributed by atoms with Crippen LogP contribution in [-0.2, 0) is 0 Å². The van der Waals surface area contributed by atoms with Crippen LogP contribution < -0.4 is 11.1 Å². The van der Waals surface area contributed by atoms with Gasteiger partial charge in [-0.05, 0) is 32.3 Å². The van der Waals surface area contributed by atoms with Crippen molar-refractivity contribution in [3.8, 4) is 0 Å². The molecule has 1 aromatic heterocycles. The van der Waals surface area contributed by atoms with Crippen molar-refractivity contribution >= 4 is 44.9 Å². The van der Waals surface area contributed by atoms with Crippen LogP contribution in [0.4, 0.5) is 0 Å². The van der Waals surface area contributed by atoms with Crippen LogP contribution in [0.15, 0.2) is 46.1 Å². The Morgan fingerprint density at radius 2 is 2.35 bits per heavy atom. The van der Waals surface area contributed by atoms with E-state index in [0.717, 1.165) is 39.0 Å². The highest BCUT2D eigenvalue weighted by molar-refractivity contribution is 7.17. The lowest BCUT2D eigenvalue weighted by Crippen LogP contribution is -2.26. The van der Waals surface area contributed by atoms with Gasteiger partial charge in [-0.2, -0.15) is 0 Å². The van der Waals surface area contributed by atoms with Crippen LogP contribution in [0, 0.1) is 0 Å². The number of hydrogen-bond acceptors (Lipinski definition) is 6. The Balaban J connectivity index is 1.54. The van der Waals surface area contributed by atoms with Gasteiger partial charge in [0.1, 0.15) is 0 Å². The molecule has 132 valence electrons. The van der Waals surface area contributed by atoms with Crippen molar-refractivity contribution < 1.29 is 0 Å². The maximum absolute atomic E-state index is 6.35. The molecule has 2 aromatic rings. The summed E-state index contributed by atoms with van der Waals surface area (Å²) in [5.74, 6) is 2.90. The Morgan fingerprint density at radius 3 is 3.12 bits per heavy atom. The normalized spacial score (nSPS) is 22.8. The number of aromatic nitrogens is 1. The van der Waals surface area contributed by atoms with E-state index < -0.39 is 0 Å². The number of hydrogen-bond donors (Lipinski definition) is 2. The van der Waals surface area contributed by atoms with Gasteiger partial charge < -0.3 is 11.1 Å². The topological polar surface area (TPSA) is 75.7 Å². The second kappa shape index (κ2) is 7.38. The van der Waals surface area contributed by atoms with Crippen LogP contribution in [0.3, 0.4) is 0 Å². The molecule has 0 radical (unpaired) electrons. The van der Waals surface area contributed by atoms with Gasteiger partial charge in [-0.3, -0.25) is 0 Å². The summed E-state index contributed by atoms with van der Waals surface area (Å²) in [5, 5.41) is 11.2. The number of benzene rings is 1. The van der Waals surface area contributed by atoms with Crippen LogP contribution in [0.1, 0.15) is 37.3 Å². The fourth-order valence-electron chi connectivity index (χ4n) is 3.43. The maximum Gasteiger partial charge on any atom is 0.0904 e. The van der Waals surface area contributed by atoms with E-state index in [0.29, 0.717) is 12.1 Å². The molecule has 26 heavy (non-hydrogen) atoms. The van der Waals surface area contributed by atoms with Crippen LogP contribution >= 0.6 is 11.3 Å². The third kappa shape index (κ3) is 3.40. The molecule has 2 aliphatic rings. The largest absolute Gasteiger partial charge is 0.398 e. The minimum Gasteiger partial charge on any atom is -0.398 e. The molecule has 3 N–H and O–H groups in total. The quantitative estimate of drug-likeness (QED) is 0.795. The number of fused-ring (bicyclic) bond motifs is 1. The van der Waals surface area contributed by atoms with E-state index in [9.17, 15) is 0 Å². The lowest BCUT2D eigenvalue weighted by Gasteiger charge is -2.08. The highest BCUT2D eigenvalue weighted by Crippen LogP contribution is 2.31. The summed E-state index contributed by atoms with van der Waals surface area (Å²) >= 11 is 1.59. The highest BCUT2D eigenvalue weighted by Gasteiger charge is 2.18. The number of nitrogens with zero attached hydrogens (tertiary/aromatic N) is 3. The SMILES string of the molecule is CC1CCC(C/C=C/C=C(\N)c2ccc(C3=C=NN=C3)c3ncsc23)N1. The second-order valence-corrected chi connectivity index (χ2v) is 7.54. The van der Waals surface area contributed by atoms with Crippen molar-refractivity contribution in [2.75, 3.05) is 0 Å². The molecule has 2 unspecified atom stereocenters. The van der Waals surface area contributed by atoms with E-state index in [1.807, 2.05) is 23.7 Å². The number of nitrogens with one attached hydrogen (secondary N) is 1. The molecular weight excluding hydrogens is 342 g/mol. The van der Waals surface area contributed by atoms with Gasteiger partial charge in [0.25, 0.3) is 0 Å². The van der Waals surface area contributed by atoms with Gasteiger partial charge in [0.05, 0.1) is 27.5 Å². The van der Waals surface area contributed by atoms with Crippen LogP contribution in [0.2, 0.25) is 0 Å². The van der Waals surface area contributed by atoms with Crippen LogP contribution in [0.25, 0.3) is 21.5 Å². The van der Waals surface area contributed by atoms with Crippen molar-refractivity contribution in [2.45, 2.75) is 38.3 Å². The van der Waals surface area contributed by atoms with E-state index in [-0.39, 0.29) is 0 Å². The summed E-state index contributed by atoms with van der Waals surface area (Å²) in [6.45, 7) is 2.24. The first kappa shape index (κ1) is 16.9. The molecule has 6 heteroatoms. The third-order valence-electron chi connectivity index (χ3n) is 4.80. The molecular formula is C20H21N5S. The van der Waals surface area contributed by atoms with Gasteiger partial charge in [0.2, 0.25) is 0 Å². The van der Waals surface area contributed by atoms with Gasteiger partial charge in [-0.15, -0.1) is 21.5 Å². The van der Waals surface area contributed by atoms with Crippen molar-refractivity contribution in [3.63, 3.8) is 0 Å². The number of rotatable bonds is 5. The average Bonchev–Trinajstić information content (AvgIpc) is 3.39. The molecule has 0 bridgehead atoms. The molecule has 0 aliphatic carbocycles. The van der Waals surface area contributed by atoms with Crippen molar-refractivity contribution in [1.82, 2.24) is 10.3 Å². The smallest absolute Gasteiger partial charge is 0.0904 e. The summed E-state index contributed by atoms with van der Waals surface area (Å²) in [5.41, 5.74) is 12.7. The predicted octanol–water partition coefficient (Wildman–Crippen LogP) is 3.74. The minimum absolute atomic E-state index is 0.589. The van der Waals surface area contributed by atoms with E-state index >= 15 is 0 Å². The highest BCUT2D eigenvalue weighted by atomic mass is 32.1. The van der Waals surface area contributed by atoms with E-state index in [4.69, 9.17) is 5.73 Å². The van der Waals surface area contributed by atoms with Crippen LogP contribution in [0.5, 0.6) is 0 Å². The maximum atomic E-state index is 6.35. The van der Waals surface area contributed by atoms with E-state index in [1.165, 1.54) is 12.8 Å². The minimum atomic E-state index is 0.589. The third-order valence-corrected chi connectivity index (χ3v) is 5.66. The Morgan fingerprint density at radius 1 is 1.42 bits per heavy atom. The molecule has 2 aliphatic heterocycles. The monoisotopic (exact) mass is 363 g/mol. The molecule has 1 aromatic carbocycles. The first-order chi connectivity index (χ1) is 12.7. The Labute approximate surface area is 156 Å². The molecule has 3 heterocycles. The number of thiazole rings is 1. The zero-order valence-electron chi connectivity index (χ0n) is 14.6. The number of nitrogens with two attached hydrogens (primary N) is 1. The van der Waals surface area contributed by atoms with Gasteiger partial charge in [0, 0.05) is 34.8 Å². The molecule has 1 fully saturated rings. The number of allylic oxidation sites excluding steroid dienone is 3. The van der Waals surface area contributed by atoms with E-state index in [1.54, 1.807) is 17.6 Å². The summed E-state index contributed by atoms with van der Waals surface area (Å²) in [6, 6.07) is 5.28. The zero-order chi connectivity index (χ0) is 17.9. The first-order valence-electron chi connectivity index (χ1n) is 8.83. The molecule has 0 amide bonds. The summed E-state index contributed by atoms with van der Waals surface area (Å²) < 4.78 is 1.07. The Kier molecular flexibility index (Phi) is 4.80. The lowest BCUT2D eigenvalue weighted by atomic mass is 10.0. The average molecular weight is 363 g/mol. The molecule has 5 nitrogen and oxygen atoms in total. The fourth-order valence-corrected chi connectivity index (χ4v) is 4.28. The molecule has 4 rings (SSSR count). The van der Waals surface area contributed by atoms with Gasteiger partial charge >= 0.3 is 0 Å². The van der Waals surface area contributed by atoms with Crippen molar-refractivity contribution in [3.05, 3.63) is 47.0 Å². The summed E-state index contributed by atoms with van der Waals surface area (Å²) in [7, 11) is 0. The first-order valence-corrected chi connectivity index (χ1v) is 9.71. The lowest BCUT2D eigenvalue weighted by molar-refractivity contribution is 0.566. The molecule has 1 saturated heterocycles. The fraction of sp³-hybridized carbons (Fsp3) is 0.300. The van der Waals surface area contributed by atoms with Gasteiger partial charge in [0.15, 0.2) is 0 Å². The summed E-state index contributed by atoms with van der Waals surface area (Å²) in [6.07, 6.45) is 11.5. The van der Waals surface area contributed by atoms with E-state index in [2.05, 4.69) is 45.4 Å².